The molecule has 0 aliphatic heterocycles. The number of ether oxygens (including phenoxy) is 1. The maximum atomic E-state index is 11.5. The van der Waals surface area contributed by atoms with Gasteiger partial charge >= 0.3 is 5.97 Å². The van der Waals surface area contributed by atoms with Crippen molar-refractivity contribution in [3.05, 3.63) is 23.3 Å². The maximum absolute atomic E-state index is 11.5. The Labute approximate surface area is 173 Å². The summed E-state index contributed by atoms with van der Waals surface area (Å²) in [5.74, 6) is 0.710. The zero-order valence-electron chi connectivity index (χ0n) is 17.7. The number of rotatable bonds is 5. The Hall–Kier alpha value is -0.810. The average Bonchev–Trinajstić information content (AvgIpc) is 2.99. The predicted molar refractivity (Wildman–Crippen MR) is 117 cm³/mol. The molecule has 1 aliphatic rings. The van der Waals surface area contributed by atoms with Gasteiger partial charge in [-0.2, -0.15) is 0 Å². The van der Waals surface area contributed by atoms with Crippen molar-refractivity contribution in [2.45, 2.75) is 87.0 Å². The van der Waals surface area contributed by atoms with E-state index in [1.54, 1.807) is 11.8 Å². The lowest BCUT2D eigenvalue weighted by atomic mass is 9.79. The third-order valence-corrected chi connectivity index (χ3v) is 7.96. The van der Waals surface area contributed by atoms with Gasteiger partial charge in [0.15, 0.2) is 0 Å². The number of carbonyl (C=O) groups is 1. The van der Waals surface area contributed by atoms with Crippen molar-refractivity contribution in [2.75, 3.05) is 12.9 Å². The van der Waals surface area contributed by atoms with Crippen LogP contribution >= 0.6 is 23.5 Å². The Morgan fingerprint density at radius 1 is 1.07 bits per heavy atom. The van der Waals surface area contributed by atoms with Crippen LogP contribution in [0.4, 0.5) is 0 Å². The molecule has 1 fully saturated rings. The summed E-state index contributed by atoms with van der Waals surface area (Å²) >= 11 is 3.63. The minimum Gasteiger partial charge on any atom is -0.507 e. The fourth-order valence-corrected chi connectivity index (χ4v) is 6.29. The quantitative estimate of drug-likeness (QED) is 0.612. The molecule has 1 N–H and O–H groups in total. The molecule has 3 nitrogen and oxygen atoms in total. The zero-order chi connectivity index (χ0) is 20.4. The average molecular weight is 411 g/mol. The van der Waals surface area contributed by atoms with Gasteiger partial charge in [0.05, 0.1) is 12.9 Å². The summed E-state index contributed by atoms with van der Waals surface area (Å²) in [6, 6.07) is 4.32. The topological polar surface area (TPSA) is 46.5 Å². The highest BCUT2D eigenvalue weighted by Gasteiger charge is 2.31. The molecule has 0 spiro atoms. The van der Waals surface area contributed by atoms with Crippen LogP contribution in [0.15, 0.2) is 17.0 Å². The van der Waals surface area contributed by atoms with Crippen molar-refractivity contribution < 1.29 is 14.6 Å². The Bertz CT molecular complexity index is 636. The fourth-order valence-electron chi connectivity index (χ4n) is 3.45. The molecule has 1 aromatic carbocycles. The zero-order valence-corrected chi connectivity index (χ0v) is 19.4. The smallest absolute Gasteiger partial charge is 0.315 e. The summed E-state index contributed by atoms with van der Waals surface area (Å²) in [6.45, 7) is 12.9. The molecule has 0 bridgehead atoms. The van der Waals surface area contributed by atoms with E-state index < -0.39 is 0 Å². The van der Waals surface area contributed by atoms with Gasteiger partial charge in [-0.05, 0) is 35.8 Å². The molecular formula is C22H34O3S2. The van der Waals surface area contributed by atoms with E-state index in [1.165, 1.54) is 24.8 Å². The van der Waals surface area contributed by atoms with Crippen molar-refractivity contribution in [1.29, 1.82) is 0 Å². The number of benzene rings is 1. The summed E-state index contributed by atoms with van der Waals surface area (Å²) in [7, 11) is 1.45. The largest absolute Gasteiger partial charge is 0.507 e. The van der Waals surface area contributed by atoms with Gasteiger partial charge in [-0.15, -0.1) is 23.5 Å². The molecule has 0 radical (unpaired) electrons. The van der Waals surface area contributed by atoms with E-state index >= 15 is 0 Å². The van der Waals surface area contributed by atoms with Crippen LogP contribution in [0.2, 0.25) is 0 Å². The molecule has 1 saturated carbocycles. The van der Waals surface area contributed by atoms with Crippen LogP contribution in [0.5, 0.6) is 5.75 Å². The van der Waals surface area contributed by atoms with Crippen molar-refractivity contribution in [2.24, 2.45) is 0 Å². The van der Waals surface area contributed by atoms with Gasteiger partial charge in [0.2, 0.25) is 0 Å². The third kappa shape index (κ3) is 5.83. The number of phenols is 1. The molecule has 1 aromatic rings. The number of methoxy groups -OCH3 is 1. The van der Waals surface area contributed by atoms with E-state index in [0.29, 0.717) is 22.0 Å². The second-order valence-corrected chi connectivity index (χ2v) is 11.9. The van der Waals surface area contributed by atoms with Crippen LogP contribution in [0.3, 0.4) is 0 Å². The summed E-state index contributed by atoms with van der Waals surface area (Å²) in [5.41, 5.74) is 1.79. The van der Waals surface area contributed by atoms with Crippen LogP contribution in [0, 0.1) is 0 Å². The van der Waals surface area contributed by atoms with E-state index in [9.17, 15) is 9.90 Å². The molecule has 0 aromatic heterocycles. The van der Waals surface area contributed by atoms with Crippen LogP contribution in [-0.2, 0) is 20.4 Å². The van der Waals surface area contributed by atoms with E-state index in [0.717, 1.165) is 17.5 Å². The molecular weight excluding hydrogens is 376 g/mol. The number of carbonyl (C=O) groups excluding carboxylic acids is 1. The lowest BCUT2D eigenvalue weighted by molar-refractivity contribution is -0.137. The van der Waals surface area contributed by atoms with Gasteiger partial charge in [0, 0.05) is 26.5 Å². The van der Waals surface area contributed by atoms with Gasteiger partial charge in [0.1, 0.15) is 5.75 Å². The highest BCUT2D eigenvalue weighted by molar-refractivity contribution is 8.04. The first-order valence-electron chi connectivity index (χ1n) is 9.66. The lowest BCUT2D eigenvalue weighted by Crippen LogP contribution is -2.18. The highest BCUT2D eigenvalue weighted by atomic mass is 32.2. The second kappa shape index (κ2) is 8.69. The number of aromatic hydroxyl groups is 1. The first-order chi connectivity index (χ1) is 12.4. The monoisotopic (exact) mass is 410 g/mol. The standard InChI is InChI=1S/C22H34O3S2/c1-21(2,3)15-11-14(12-16(20(15)24)22(4,5)6)27-18-10-8-9-17(18)26-13-19(23)25-7/h11-12,17-18,24H,8-10,13H2,1-7H3/t17-,18-/m1/s1. The number of phenolic OH excluding ortho intramolecular Hbond substituents is 1. The first kappa shape index (κ1) is 22.5. The molecule has 2 rings (SSSR count). The Morgan fingerprint density at radius 3 is 2.07 bits per heavy atom. The molecule has 27 heavy (non-hydrogen) atoms. The number of hydrogen-bond donors (Lipinski definition) is 1. The van der Waals surface area contributed by atoms with Crippen molar-refractivity contribution in [3.8, 4) is 5.75 Å². The Morgan fingerprint density at radius 2 is 1.59 bits per heavy atom. The van der Waals surface area contributed by atoms with Crippen LogP contribution in [-0.4, -0.2) is 34.4 Å². The van der Waals surface area contributed by atoms with Gasteiger partial charge in [-0.3, -0.25) is 4.79 Å². The molecule has 0 saturated heterocycles. The van der Waals surface area contributed by atoms with Gasteiger partial charge in [0.25, 0.3) is 0 Å². The SMILES string of the molecule is COC(=O)CS[C@@H]1CCC[C@H]1Sc1cc(C(C)(C)C)c(O)c(C(C)(C)C)c1. The number of esters is 1. The van der Waals surface area contributed by atoms with E-state index in [2.05, 4.69) is 53.7 Å². The lowest BCUT2D eigenvalue weighted by Gasteiger charge is -2.29. The van der Waals surface area contributed by atoms with Gasteiger partial charge < -0.3 is 9.84 Å². The summed E-state index contributed by atoms with van der Waals surface area (Å²) in [5, 5.41) is 11.9. The number of thioether (sulfide) groups is 2. The van der Waals surface area contributed by atoms with Crippen LogP contribution in [0.1, 0.15) is 71.9 Å². The predicted octanol–water partition coefficient (Wildman–Crippen LogP) is 5.91. The minimum absolute atomic E-state index is 0.116. The van der Waals surface area contributed by atoms with Crippen LogP contribution < -0.4 is 0 Å². The van der Waals surface area contributed by atoms with E-state index in [4.69, 9.17) is 4.74 Å². The van der Waals surface area contributed by atoms with E-state index in [-0.39, 0.29) is 16.8 Å². The van der Waals surface area contributed by atoms with Gasteiger partial charge in [-0.1, -0.05) is 48.0 Å². The summed E-state index contributed by atoms with van der Waals surface area (Å²) < 4.78 is 4.79. The highest BCUT2D eigenvalue weighted by Crippen LogP contribution is 2.46. The third-order valence-electron chi connectivity index (χ3n) is 5.02. The molecule has 0 unspecified atom stereocenters. The van der Waals surface area contributed by atoms with Crippen molar-refractivity contribution >= 4 is 29.5 Å². The van der Waals surface area contributed by atoms with Crippen molar-refractivity contribution in [3.63, 3.8) is 0 Å². The molecule has 152 valence electrons. The second-order valence-electron chi connectivity index (χ2n) is 9.38. The summed E-state index contributed by atoms with van der Waals surface area (Å²) in [6.07, 6.45) is 3.52. The van der Waals surface area contributed by atoms with Gasteiger partial charge in [-0.25, -0.2) is 0 Å². The number of hydrogen-bond acceptors (Lipinski definition) is 5. The molecule has 0 amide bonds. The molecule has 0 heterocycles. The minimum atomic E-state index is -0.148. The van der Waals surface area contributed by atoms with E-state index in [1.807, 2.05) is 11.8 Å². The fraction of sp³-hybridized carbons (Fsp3) is 0.682. The normalized spacial score (nSPS) is 20.7. The maximum Gasteiger partial charge on any atom is 0.315 e. The molecule has 5 heteroatoms. The Balaban J connectivity index is 2.28. The first-order valence-corrected chi connectivity index (χ1v) is 11.6. The summed E-state index contributed by atoms with van der Waals surface area (Å²) in [4.78, 5) is 12.7. The molecule has 2 atom stereocenters. The van der Waals surface area contributed by atoms with Crippen molar-refractivity contribution in [1.82, 2.24) is 0 Å². The van der Waals surface area contributed by atoms with Crippen LogP contribution in [0.25, 0.3) is 0 Å². The Kier molecular flexibility index (Phi) is 7.23. The molecule has 1 aliphatic carbocycles.